The average molecular weight is 440 g/mol. The summed E-state index contributed by atoms with van der Waals surface area (Å²) in [7, 11) is 0. The van der Waals surface area contributed by atoms with Crippen LogP contribution in [0.4, 0.5) is 4.39 Å². The maximum Gasteiger partial charge on any atom is 0.266 e. The molecule has 152 valence electrons. The minimum Gasteiger partial charge on any atom is -0.488 e. The van der Waals surface area contributed by atoms with Gasteiger partial charge in [-0.3, -0.25) is 9.69 Å². The highest BCUT2D eigenvalue weighted by atomic mass is 32.2. The van der Waals surface area contributed by atoms with Crippen molar-refractivity contribution < 1.29 is 18.3 Å². The zero-order valence-electron chi connectivity index (χ0n) is 16.1. The molecule has 0 N–H and O–H groups in total. The second-order valence-corrected chi connectivity index (χ2v) is 8.44. The SMILES string of the molecule is Cc1ccc(OCc2ccccc2F)c(C=C2SC(=S)N(Cc3ccco3)C2=O)c1. The molecule has 3 aromatic rings. The van der Waals surface area contributed by atoms with E-state index in [2.05, 4.69) is 0 Å². The van der Waals surface area contributed by atoms with E-state index in [0.717, 1.165) is 11.1 Å². The van der Waals surface area contributed by atoms with Crippen LogP contribution in [0.3, 0.4) is 0 Å². The van der Waals surface area contributed by atoms with E-state index in [1.165, 1.54) is 22.7 Å². The standard InChI is InChI=1S/C23H18FNO3S2/c1-15-8-9-20(28-14-16-5-2-3-7-19(16)24)17(11-15)12-21-22(26)25(23(29)30-21)13-18-6-4-10-27-18/h2-12H,13-14H2,1H3. The quantitative estimate of drug-likeness (QED) is 0.364. The predicted molar refractivity (Wildman–Crippen MR) is 119 cm³/mol. The van der Waals surface area contributed by atoms with E-state index in [1.807, 2.05) is 25.1 Å². The van der Waals surface area contributed by atoms with Gasteiger partial charge in [0.15, 0.2) is 0 Å². The van der Waals surface area contributed by atoms with Gasteiger partial charge in [-0.1, -0.05) is 53.8 Å². The van der Waals surface area contributed by atoms with Crippen LogP contribution in [0.25, 0.3) is 6.08 Å². The lowest BCUT2D eigenvalue weighted by Crippen LogP contribution is -2.27. The molecule has 2 aromatic carbocycles. The number of hydrogen-bond donors (Lipinski definition) is 0. The summed E-state index contributed by atoms with van der Waals surface area (Å²) < 4.78 is 25.6. The average Bonchev–Trinajstić information content (AvgIpc) is 3.33. The lowest BCUT2D eigenvalue weighted by molar-refractivity contribution is -0.122. The Kier molecular flexibility index (Phi) is 6.01. The van der Waals surface area contributed by atoms with Crippen LogP contribution < -0.4 is 4.74 Å². The van der Waals surface area contributed by atoms with E-state index < -0.39 is 0 Å². The molecular formula is C23H18FNO3S2. The van der Waals surface area contributed by atoms with Gasteiger partial charge >= 0.3 is 0 Å². The van der Waals surface area contributed by atoms with Gasteiger partial charge in [-0.05, 0) is 43.3 Å². The monoisotopic (exact) mass is 439 g/mol. The molecule has 4 nitrogen and oxygen atoms in total. The van der Waals surface area contributed by atoms with Gasteiger partial charge in [-0.25, -0.2) is 4.39 Å². The largest absolute Gasteiger partial charge is 0.488 e. The molecule has 1 aliphatic heterocycles. The van der Waals surface area contributed by atoms with Crippen molar-refractivity contribution in [2.75, 3.05) is 0 Å². The third-order valence-electron chi connectivity index (χ3n) is 4.56. The zero-order valence-corrected chi connectivity index (χ0v) is 17.8. The van der Waals surface area contributed by atoms with Gasteiger partial charge in [0.1, 0.15) is 28.3 Å². The van der Waals surface area contributed by atoms with Gasteiger partial charge in [-0.2, -0.15) is 0 Å². The van der Waals surface area contributed by atoms with Gasteiger partial charge in [0.2, 0.25) is 0 Å². The number of benzene rings is 2. The summed E-state index contributed by atoms with van der Waals surface area (Å²) in [5, 5.41) is 0. The first-order chi connectivity index (χ1) is 14.5. The van der Waals surface area contributed by atoms with Crippen LogP contribution in [0, 0.1) is 12.7 Å². The summed E-state index contributed by atoms with van der Waals surface area (Å²) in [6.45, 7) is 2.34. The first-order valence-electron chi connectivity index (χ1n) is 9.26. The van der Waals surface area contributed by atoms with Crippen LogP contribution in [0.15, 0.2) is 70.2 Å². The smallest absolute Gasteiger partial charge is 0.266 e. The molecule has 0 saturated carbocycles. The molecule has 0 bridgehead atoms. The summed E-state index contributed by atoms with van der Waals surface area (Å²) in [5.41, 5.74) is 2.23. The minimum absolute atomic E-state index is 0.0933. The van der Waals surface area contributed by atoms with Crippen molar-refractivity contribution in [3.05, 3.63) is 94.0 Å². The summed E-state index contributed by atoms with van der Waals surface area (Å²) in [6.07, 6.45) is 3.33. The number of ether oxygens (including phenoxy) is 1. The number of thiocarbonyl (C=S) groups is 1. The van der Waals surface area contributed by atoms with Gasteiger partial charge in [0.05, 0.1) is 17.7 Å². The number of hydrogen-bond acceptors (Lipinski definition) is 5. The van der Waals surface area contributed by atoms with Gasteiger partial charge in [0.25, 0.3) is 5.91 Å². The fraction of sp³-hybridized carbons (Fsp3) is 0.130. The normalized spacial score (nSPS) is 15.3. The van der Waals surface area contributed by atoms with E-state index >= 15 is 0 Å². The summed E-state index contributed by atoms with van der Waals surface area (Å²) >= 11 is 6.63. The lowest BCUT2D eigenvalue weighted by atomic mass is 10.1. The van der Waals surface area contributed by atoms with Gasteiger partial charge < -0.3 is 9.15 Å². The van der Waals surface area contributed by atoms with E-state index in [9.17, 15) is 9.18 Å². The third-order valence-corrected chi connectivity index (χ3v) is 5.94. The fourth-order valence-corrected chi connectivity index (χ4v) is 4.26. The number of furan rings is 1. The third kappa shape index (κ3) is 4.47. The molecule has 1 aliphatic rings. The molecule has 0 atom stereocenters. The van der Waals surface area contributed by atoms with Crippen LogP contribution in [-0.2, 0) is 17.9 Å². The number of halogens is 1. The molecule has 0 radical (unpaired) electrons. The van der Waals surface area contributed by atoms with Crippen LogP contribution in [0.5, 0.6) is 5.75 Å². The highest BCUT2D eigenvalue weighted by Gasteiger charge is 2.32. The van der Waals surface area contributed by atoms with E-state index in [-0.39, 0.29) is 18.3 Å². The predicted octanol–water partition coefficient (Wildman–Crippen LogP) is 5.71. The van der Waals surface area contributed by atoms with Crippen molar-refractivity contribution >= 4 is 40.3 Å². The fourth-order valence-electron chi connectivity index (χ4n) is 3.02. The first kappa shape index (κ1) is 20.4. The highest BCUT2D eigenvalue weighted by molar-refractivity contribution is 8.26. The second kappa shape index (κ2) is 8.85. The van der Waals surface area contributed by atoms with Gasteiger partial charge in [-0.15, -0.1) is 0 Å². The number of thioether (sulfide) groups is 1. The van der Waals surface area contributed by atoms with Crippen molar-refractivity contribution in [3.8, 4) is 5.75 Å². The Hall–Kier alpha value is -2.90. The molecule has 2 heterocycles. The molecule has 1 aromatic heterocycles. The number of rotatable bonds is 6. The summed E-state index contributed by atoms with van der Waals surface area (Å²) in [5.74, 6) is 0.741. The Morgan fingerprint density at radius 1 is 1.20 bits per heavy atom. The number of amides is 1. The van der Waals surface area contributed by atoms with Crippen molar-refractivity contribution in [2.45, 2.75) is 20.1 Å². The Bertz CT molecular complexity index is 1130. The number of carbonyl (C=O) groups is 1. The van der Waals surface area contributed by atoms with Crippen molar-refractivity contribution in [3.63, 3.8) is 0 Å². The lowest BCUT2D eigenvalue weighted by Gasteiger charge is -2.12. The highest BCUT2D eigenvalue weighted by Crippen LogP contribution is 2.35. The second-order valence-electron chi connectivity index (χ2n) is 6.77. The van der Waals surface area contributed by atoms with E-state index in [0.29, 0.717) is 32.8 Å². The van der Waals surface area contributed by atoms with Crippen molar-refractivity contribution in [1.82, 2.24) is 4.90 Å². The number of nitrogens with zero attached hydrogens (tertiary/aromatic N) is 1. The van der Waals surface area contributed by atoms with Crippen LogP contribution in [0.2, 0.25) is 0 Å². The molecule has 7 heteroatoms. The molecule has 0 spiro atoms. The van der Waals surface area contributed by atoms with Crippen LogP contribution >= 0.6 is 24.0 Å². The topological polar surface area (TPSA) is 42.7 Å². The molecule has 1 saturated heterocycles. The molecule has 0 aliphatic carbocycles. The van der Waals surface area contributed by atoms with Crippen LogP contribution in [-0.4, -0.2) is 15.1 Å². The van der Waals surface area contributed by atoms with Crippen molar-refractivity contribution in [2.24, 2.45) is 0 Å². The minimum atomic E-state index is -0.315. The zero-order chi connectivity index (χ0) is 21.1. The van der Waals surface area contributed by atoms with Gasteiger partial charge in [0, 0.05) is 11.1 Å². The molecule has 4 rings (SSSR count). The Balaban J connectivity index is 1.57. The Morgan fingerprint density at radius 2 is 2.03 bits per heavy atom. The first-order valence-corrected chi connectivity index (χ1v) is 10.5. The van der Waals surface area contributed by atoms with E-state index in [1.54, 1.807) is 42.7 Å². The van der Waals surface area contributed by atoms with Crippen molar-refractivity contribution in [1.29, 1.82) is 0 Å². The summed E-state index contributed by atoms with van der Waals surface area (Å²) in [4.78, 5) is 14.9. The molecule has 0 unspecified atom stereocenters. The Morgan fingerprint density at radius 3 is 2.80 bits per heavy atom. The Labute approximate surface area is 183 Å². The maximum atomic E-state index is 13.9. The van der Waals surface area contributed by atoms with Crippen LogP contribution in [0.1, 0.15) is 22.5 Å². The summed E-state index contributed by atoms with van der Waals surface area (Å²) in [6, 6.07) is 15.7. The number of carbonyl (C=O) groups excluding carboxylic acids is 1. The molecular weight excluding hydrogens is 421 g/mol. The molecule has 30 heavy (non-hydrogen) atoms. The van der Waals surface area contributed by atoms with E-state index in [4.69, 9.17) is 21.4 Å². The molecule has 1 amide bonds. The number of aryl methyl sites for hydroxylation is 1. The maximum absolute atomic E-state index is 13.9. The molecule has 1 fully saturated rings.